The van der Waals surface area contributed by atoms with Gasteiger partial charge in [-0.05, 0) is 37.0 Å². The summed E-state index contributed by atoms with van der Waals surface area (Å²) in [6, 6.07) is 5.40. The van der Waals surface area contributed by atoms with E-state index in [1.807, 2.05) is 11.0 Å². The molecule has 0 bridgehead atoms. The first-order valence-electron chi connectivity index (χ1n) is 5.97. The smallest absolute Gasteiger partial charge is 0.245 e. The maximum atomic E-state index is 12.3. The van der Waals surface area contributed by atoms with Crippen LogP contribution >= 0.6 is 39.1 Å². The Balaban J connectivity index is 2.14. The van der Waals surface area contributed by atoms with E-state index in [9.17, 15) is 4.79 Å². The standard InChI is InChI=1S/C13H14BrCl2NO/c14-9-4-5-10(11(15)8-9)12(16)13(18)17-6-2-1-3-7-17/h4-5,8,12H,1-3,6-7H2. The molecule has 5 heteroatoms. The molecule has 0 aliphatic carbocycles. The summed E-state index contributed by atoms with van der Waals surface area (Å²) in [7, 11) is 0. The lowest BCUT2D eigenvalue weighted by Crippen LogP contribution is -2.37. The van der Waals surface area contributed by atoms with Crippen molar-refractivity contribution in [3.8, 4) is 0 Å². The maximum Gasteiger partial charge on any atom is 0.245 e. The third kappa shape index (κ3) is 3.19. The van der Waals surface area contributed by atoms with Gasteiger partial charge < -0.3 is 4.90 Å². The summed E-state index contributed by atoms with van der Waals surface area (Å²) < 4.78 is 0.880. The number of nitrogens with zero attached hydrogens (tertiary/aromatic N) is 1. The summed E-state index contributed by atoms with van der Waals surface area (Å²) in [6.07, 6.45) is 3.31. The molecule has 1 aromatic rings. The van der Waals surface area contributed by atoms with Crippen molar-refractivity contribution in [2.24, 2.45) is 0 Å². The number of alkyl halides is 1. The molecule has 1 atom stereocenters. The Labute approximate surface area is 125 Å². The molecule has 2 rings (SSSR count). The summed E-state index contributed by atoms with van der Waals surface area (Å²) in [4.78, 5) is 14.1. The summed E-state index contributed by atoms with van der Waals surface area (Å²) in [6.45, 7) is 1.60. The quantitative estimate of drug-likeness (QED) is 0.724. The third-order valence-electron chi connectivity index (χ3n) is 3.12. The fraction of sp³-hybridized carbons (Fsp3) is 0.462. The van der Waals surface area contributed by atoms with Gasteiger partial charge in [-0.3, -0.25) is 4.79 Å². The van der Waals surface area contributed by atoms with Crippen LogP contribution in [0.1, 0.15) is 30.2 Å². The second-order valence-corrected chi connectivity index (χ2v) is 6.17. The minimum atomic E-state index is -0.691. The number of likely N-dealkylation sites (tertiary alicyclic amines) is 1. The molecule has 0 spiro atoms. The molecule has 1 fully saturated rings. The fourth-order valence-corrected chi connectivity index (χ4v) is 3.28. The van der Waals surface area contributed by atoms with E-state index in [2.05, 4.69) is 15.9 Å². The van der Waals surface area contributed by atoms with Gasteiger partial charge in [0.05, 0.1) is 0 Å². The average Bonchev–Trinajstić information content (AvgIpc) is 2.38. The van der Waals surface area contributed by atoms with Crippen LogP contribution in [0.3, 0.4) is 0 Å². The zero-order valence-corrected chi connectivity index (χ0v) is 12.9. The van der Waals surface area contributed by atoms with Crippen molar-refractivity contribution in [1.82, 2.24) is 4.90 Å². The Morgan fingerprint density at radius 2 is 1.94 bits per heavy atom. The fourth-order valence-electron chi connectivity index (χ4n) is 2.11. The molecule has 1 aliphatic rings. The van der Waals surface area contributed by atoms with Crippen LogP contribution in [0.5, 0.6) is 0 Å². The van der Waals surface area contributed by atoms with Gasteiger partial charge in [-0.1, -0.05) is 33.6 Å². The van der Waals surface area contributed by atoms with Gasteiger partial charge in [-0.2, -0.15) is 0 Å². The first-order chi connectivity index (χ1) is 8.59. The zero-order chi connectivity index (χ0) is 13.1. The van der Waals surface area contributed by atoms with Crippen LogP contribution in [0, 0.1) is 0 Å². The topological polar surface area (TPSA) is 20.3 Å². The normalized spacial score (nSPS) is 17.6. The van der Waals surface area contributed by atoms with Gasteiger partial charge in [0.1, 0.15) is 5.38 Å². The minimum absolute atomic E-state index is 0.0411. The first-order valence-corrected chi connectivity index (χ1v) is 7.58. The van der Waals surface area contributed by atoms with E-state index in [-0.39, 0.29) is 5.91 Å². The molecule has 0 saturated carbocycles. The molecule has 1 saturated heterocycles. The van der Waals surface area contributed by atoms with Crippen molar-refractivity contribution >= 4 is 45.0 Å². The van der Waals surface area contributed by atoms with E-state index in [0.717, 1.165) is 30.4 Å². The molecular weight excluding hydrogens is 337 g/mol. The van der Waals surface area contributed by atoms with E-state index < -0.39 is 5.38 Å². The maximum absolute atomic E-state index is 12.3. The van der Waals surface area contributed by atoms with Crippen LogP contribution in [0.2, 0.25) is 5.02 Å². The van der Waals surface area contributed by atoms with Crippen LogP contribution < -0.4 is 0 Å². The number of carbonyl (C=O) groups excluding carboxylic acids is 1. The molecule has 2 nitrogen and oxygen atoms in total. The van der Waals surface area contributed by atoms with Gasteiger partial charge in [-0.25, -0.2) is 0 Å². The third-order valence-corrected chi connectivity index (χ3v) is 4.36. The summed E-state index contributed by atoms with van der Waals surface area (Å²) >= 11 is 15.7. The summed E-state index contributed by atoms with van der Waals surface area (Å²) in [5.74, 6) is -0.0411. The van der Waals surface area contributed by atoms with Crippen molar-refractivity contribution in [3.05, 3.63) is 33.3 Å². The predicted molar refractivity (Wildman–Crippen MR) is 78.2 cm³/mol. The molecule has 98 valence electrons. The number of carbonyl (C=O) groups is 1. The van der Waals surface area contributed by atoms with Gasteiger partial charge in [-0.15, -0.1) is 11.6 Å². The van der Waals surface area contributed by atoms with Crippen molar-refractivity contribution in [2.45, 2.75) is 24.6 Å². The first kappa shape index (κ1) is 14.2. The van der Waals surface area contributed by atoms with Gasteiger partial charge in [0, 0.05) is 22.6 Å². The largest absolute Gasteiger partial charge is 0.341 e. The Bertz CT molecular complexity index is 447. The van der Waals surface area contributed by atoms with Gasteiger partial charge in [0.15, 0.2) is 0 Å². The van der Waals surface area contributed by atoms with Gasteiger partial charge >= 0.3 is 0 Å². The SMILES string of the molecule is O=C(C(Cl)c1ccc(Br)cc1Cl)N1CCCCC1. The van der Waals surface area contributed by atoms with Crippen molar-refractivity contribution in [1.29, 1.82) is 0 Å². The van der Waals surface area contributed by atoms with Crippen LogP contribution in [-0.4, -0.2) is 23.9 Å². The van der Waals surface area contributed by atoms with Crippen LogP contribution in [0.4, 0.5) is 0 Å². The van der Waals surface area contributed by atoms with Crippen LogP contribution in [0.25, 0.3) is 0 Å². The molecule has 18 heavy (non-hydrogen) atoms. The Morgan fingerprint density at radius 3 is 2.56 bits per heavy atom. The van der Waals surface area contributed by atoms with E-state index in [0.29, 0.717) is 10.6 Å². The summed E-state index contributed by atoms with van der Waals surface area (Å²) in [5.41, 5.74) is 0.678. The number of rotatable bonds is 2. The Morgan fingerprint density at radius 1 is 1.28 bits per heavy atom. The lowest BCUT2D eigenvalue weighted by Gasteiger charge is -2.28. The number of benzene rings is 1. The van der Waals surface area contributed by atoms with E-state index in [1.54, 1.807) is 12.1 Å². The predicted octanol–water partition coefficient (Wildman–Crippen LogP) is 4.39. The number of hydrogen-bond acceptors (Lipinski definition) is 1. The summed E-state index contributed by atoms with van der Waals surface area (Å²) in [5, 5.41) is -0.168. The van der Waals surface area contributed by atoms with E-state index >= 15 is 0 Å². The van der Waals surface area contributed by atoms with Crippen molar-refractivity contribution in [2.75, 3.05) is 13.1 Å². The highest BCUT2D eigenvalue weighted by atomic mass is 79.9. The van der Waals surface area contributed by atoms with Crippen LogP contribution in [0.15, 0.2) is 22.7 Å². The highest BCUT2D eigenvalue weighted by molar-refractivity contribution is 9.10. The Kier molecular flexibility index (Phi) is 4.93. The van der Waals surface area contributed by atoms with Crippen molar-refractivity contribution in [3.63, 3.8) is 0 Å². The molecule has 1 aliphatic heterocycles. The molecular formula is C13H14BrCl2NO. The monoisotopic (exact) mass is 349 g/mol. The van der Waals surface area contributed by atoms with Crippen molar-refractivity contribution < 1.29 is 4.79 Å². The van der Waals surface area contributed by atoms with E-state index in [4.69, 9.17) is 23.2 Å². The average molecular weight is 351 g/mol. The second-order valence-electron chi connectivity index (χ2n) is 4.41. The number of hydrogen-bond donors (Lipinski definition) is 0. The second kappa shape index (κ2) is 6.27. The number of amides is 1. The Hall–Kier alpha value is -0.250. The lowest BCUT2D eigenvalue weighted by atomic mass is 10.1. The highest BCUT2D eigenvalue weighted by Crippen LogP contribution is 2.32. The zero-order valence-electron chi connectivity index (χ0n) is 9.83. The molecule has 1 amide bonds. The molecule has 0 N–H and O–H groups in total. The molecule has 0 aromatic heterocycles. The van der Waals surface area contributed by atoms with Crippen LogP contribution in [-0.2, 0) is 4.79 Å². The van der Waals surface area contributed by atoms with Gasteiger partial charge in [0.25, 0.3) is 0 Å². The molecule has 1 unspecified atom stereocenters. The number of halogens is 3. The highest BCUT2D eigenvalue weighted by Gasteiger charge is 2.26. The number of piperidine rings is 1. The lowest BCUT2D eigenvalue weighted by molar-refractivity contribution is -0.131. The molecule has 1 aromatic carbocycles. The van der Waals surface area contributed by atoms with Gasteiger partial charge in [0.2, 0.25) is 5.91 Å². The molecule has 0 radical (unpaired) electrons. The van der Waals surface area contributed by atoms with E-state index in [1.165, 1.54) is 6.42 Å². The minimum Gasteiger partial charge on any atom is -0.341 e. The molecule has 1 heterocycles.